The van der Waals surface area contributed by atoms with Crippen molar-refractivity contribution in [3.8, 4) is 0 Å². The minimum Gasteiger partial charge on any atom is -0.330 e. The van der Waals surface area contributed by atoms with Crippen LogP contribution < -0.4 is 5.73 Å². The second-order valence-electron chi connectivity index (χ2n) is 4.65. The quantitative estimate of drug-likeness (QED) is 0.825. The molecule has 0 aromatic heterocycles. The van der Waals surface area contributed by atoms with E-state index in [0.717, 1.165) is 18.5 Å². The summed E-state index contributed by atoms with van der Waals surface area (Å²) in [6.07, 6.45) is 1.06. The number of nitrogens with two attached hydrogens (primary N) is 1. The van der Waals surface area contributed by atoms with E-state index in [9.17, 15) is 4.39 Å². The summed E-state index contributed by atoms with van der Waals surface area (Å²) in [4.78, 5) is 2.17. The number of nitrogens with zero attached hydrogens (tertiary/aromatic N) is 1. The fourth-order valence-corrected chi connectivity index (χ4v) is 1.99. The number of hydrogen-bond donors (Lipinski definition) is 1. The molecule has 0 heterocycles. The van der Waals surface area contributed by atoms with E-state index in [4.69, 9.17) is 5.73 Å². The Morgan fingerprint density at radius 3 is 2.53 bits per heavy atom. The Morgan fingerprint density at radius 2 is 2.00 bits per heavy atom. The van der Waals surface area contributed by atoms with Gasteiger partial charge in [0.25, 0.3) is 0 Å². The Kier molecular flexibility index (Phi) is 5.59. The van der Waals surface area contributed by atoms with Gasteiger partial charge in [-0.1, -0.05) is 31.5 Å². The molecule has 1 aromatic rings. The molecule has 0 saturated carbocycles. The first-order valence-electron chi connectivity index (χ1n) is 6.24. The average molecular weight is 238 g/mol. The molecule has 3 heteroatoms. The van der Waals surface area contributed by atoms with Crippen molar-refractivity contribution < 1.29 is 4.39 Å². The molecule has 2 N–H and O–H groups in total. The highest BCUT2D eigenvalue weighted by Gasteiger charge is 2.17. The molecule has 96 valence electrons. The highest BCUT2D eigenvalue weighted by atomic mass is 19.1. The first kappa shape index (κ1) is 14.1. The molecule has 2 atom stereocenters. The normalized spacial score (nSPS) is 14.9. The molecule has 0 aliphatic heterocycles. The molecule has 0 radical (unpaired) electrons. The second kappa shape index (κ2) is 6.72. The van der Waals surface area contributed by atoms with E-state index in [1.165, 1.54) is 6.07 Å². The summed E-state index contributed by atoms with van der Waals surface area (Å²) in [5.74, 6) is 0.349. The molecule has 2 unspecified atom stereocenters. The lowest BCUT2D eigenvalue weighted by molar-refractivity contribution is 0.215. The third-order valence-electron chi connectivity index (χ3n) is 3.47. The standard InChI is InChI=1S/C14H23FN2/c1-4-12(9-16)10-17(3)11(2)13-7-5-6-8-14(13)15/h5-8,11-12H,4,9-10,16H2,1-3H3. The smallest absolute Gasteiger partial charge is 0.127 e. The van der Waals surface area contributed by atoms with E-state index in [-0.39, 0.29) is 11.9 Å². The number of benzene rings is 1. The van der Waals surface area contributed by atoms with Crippen molar-refractivity contribution in [2.45, 2.75) is 26.3 Å². The minimum absolute atomic E-state index is 0.0804. The van der Waals surface area contributed by atoms with Crippen molar-refractivity contribution in [1.29, 1.82) is 0 Å². The van der Waals surface area contributed by atoms with Crippen molar-refractivity contribution in [2.24, 2.45) is 11.7 Å². The lowest BCUT2D eigenvalue weighted by atomic mass is 10.0. The monoisotopic (exact) mass is 238 g/mol. The summed E-state index contributed by atoms with van der Waals surface area (Å²) in [6.45, 7) is 5.76. The summed E-state index contributed by atoms with van der Waals surface area (Å²) in [5.41, 5.74) is 6.45. The summed E-state index contributed by atoms with van der Waals surface area (Å²) in [6, 6.07) is 7.04. The lowest BCUT2D eigenvalue weighted by Crippen LogP contribution is -2.32. The molecule has 0 aliphatic carbocycles. The van der Waals surface area contributed by atoms with Crippen molar-refractivity contribution >= 4 is 0 Å². The Balaban J connectivity index is 2.69. The number of rotatable bonds is 6. The summed E-state index contributed by atoms with van der Waals surface area (Å²) < 4.78 is 13.7. The maximum Gasteiger partial charge on any atom is 0.127 e. The SMILES string of the molecule is CCC(CN)CN(C)C(C)c1ccccc1F. The second-order valence-corrected chi connectivity index (χ2v) is 4.65. The van der Waals surface area contributed by atoms with E-state index >= 15 is 0 Å². The van der Waals surface area contributed by atoms with Crippen LogP contribution in [0.1, 0.15) is 31.9 Å². The van der Waals surface area contributed by atoms with Crippen LogP contribution in [0, 0.1) is 11.7 Å². The van der Waals surface area contributed by atoms with Gasteiger partial charge in [-0.05, 0) is 32.5 Å². The molecular formula is C14H23FN2. The fraction of sp³-hybridized carbons (Fsp3) is 0.571. The van der Waals surface area contributed by atoms with Gasteiger partial charge in [0.1, 0.15) is 5.82 Å². The molecule has 0 fully saturated rings. The van der Waals surface area contributed by atoms with Gasteiger partial charge < -0.3 is 5.73 Å². The molecule has 0 aliphatic rings. The molecular weight excluding hydrogens is 215 g/mol. The highest BCUT2D eigenvalue weighted by Crippen LogP contribution is 2.22. The van der Waals surface area contributed by atoms with Gasteiger partial charge in [-0.2, -0.15) is 0 Å². The summed E-state index contributed by atoms with van der Waals surface area (Å²) in [5, 5.41) is 0. The van der Waals surface area contributed by atoms with Crippen LogP contribution in [-0.2, 0) is 0 Å². The third kappa shape index (κ3) is 3.79. The zero-order chi connectivity index (χ0) is 12.8. The topological polar surface area (TPSA) is 29.3 Å². The lowest BCUT2D eigenvalue weighted by Gasteiger charge is -2.28. The van der Waals surface area contributed by atoms with E-state index in [2.05, 4.69) is 11.8 Å². The van der Waals surface area contributed by atoms with Crippen molar-refractivity contribution in [2.75, 3.05) is 20.1 Å². The summed E-state index contributed by atoms with van der Waals surface area (Å²) >= 11 is 0. The number of hydrogen-bond acceptors (Lipinski definition) is 2. The zero-order valence-electron chi connectivity index (χ0n) is 11.0. The Labute approximate surface area is 104 Å². The van der Waals surface area contributed by atoms with Crippen LogP contribution >= 0.6 is 0 Å². The Morgan fingerprint density at radius 1 is 1.35 bits per heavy atom. The van der Waals surface area contributed by atoms with E-state index in [0.29, 0.717) is 12.5 Å². The van der Waals surface area contributed by atoms with Gasteiger partial charge >= 0.3 is 0 Å². The molecule has 0 spiro atoms. The largest absolute Gasteiger partial charge is 0.330 e. The van der Waals surface area contributed by atoms with Gasteiger partial charge in [0, 0.05) is 18.2 Å². The molecule has 0 saturated heterocycles. The third-order valence-corrected chi connectivity index (χ3v) is 3.47. The van der Waals surface area contributed by atoms with Gasteiger partial charge in [0.2, 0.25) is 0 Å². The predicted octanol–water partition coefficient (Wildman–Crippen LogP) is 2.80. The summed E-state index contributed by atoms with van der Waals surface area (Å²) in [7, 11) is 2.02. The maximum absolute atomic E-state index is 13.7. The highest BCUT2D eigenvalue weighted by molar-refractivity contribution is 5.20. The van der Waals surface area contributed by atoms with Gasteiger partial charge in [0.05, 0.1) is 0 Å². The van der Waals surface area contributed by atoms with Crippen LogP contribution in [0.25, 0.3) is 0 Å². The average Bonchev–Trinajstić information content (AvgIpc) is 2.35. The van der Waals surface area contributed by atoms with Gasteiger partial charge in [-0.25, -0.2) is 4.39 Å². The fourth-order valence-electron chi connectivity index (χ4n) is 1.99. The number of halogens is 1. The Bertz CT molecular complexity index is 337. The first-order valence-corrected chi connectivity index (χ1v) is 6.24. The van der Waals surface area contributed by atoms with Gasteiger partial charge in [-0.15, -0.1) is 0 Å². The van der Waals surface area contributed by atoms with Gasteiger partial charge in [0.15, 0.2) is 0 Å². The van der Waals surface area contributed by atoms with Crippen molar-refractivity contribution in [3.63, 3.8) is 0 Å². The van der Waals surface area contributed by atoms with Crippen LogP contribution in [0.4, 0.5) is 4.39 Å². The van der Waals surface area contributed by atoms with Crippen LogP contribution in [0.15, 0.2) is 24.3 Å². The van der Waals surface area contributed by atoms with Gasteiger partial charge in [-0.3, -0.25) is 4.90 Å². The molecule has 17 heavy (non-hydrogen) atoms. The Hall–Kier alpha value is -0.930. The van der Waals surface area contributed by atoms with E-state index < -0.39 is 0 Å². The van der Waals surface area contributed by atoms with Crippen LogP contribution in [-0.4, -0.2) is 25.0 Å². The molecule has 1 aromatic carbocycles. The van der Waals surface area contributed by atoms with E-state index in [1.54, 1.807) is 6.07 Å². The first-order chi connectivity index (χ1) is 8.10. The molecule has 0 bridgehead atoms. The zero-order valence-corrected chi connectivity index (χ0v) is 11.0. The van der Waals surface area contributed by atoms with E-state index in [1.807, 2.05) is 26.1 Å². The van der Waals surface area contributed by atoms with Crippen molar-refractivity contribution in [1.82, 2.24) is 4.90 Å². The van der Waals surface area contributed by atoms with Crippen LogP contribution in [0.3, 0.4) is 0 Å². The van der Waals surface area contributed by atoms with Crippen molar-refractivity contribution in [3.05, 3.63) is 35.6 Å². The molecule has 2 nitrogen and oxygen atoms in total. The van der Waals surface area contributed by atoms with Crippen LogP contribution in [0.5, 0.6) is 0 Å². The maximum atomic E-state index is 13.7. The molecule has 1 rings (SSSR count). The molecule has 0 amide bonds. The predicted molar refractivity (Wildman–Crippen MR) is 70.3 cm³/mol. The minimum atomic E-state index is -0.132. The van der Waals surface area contributed by atoms with Crippen LogP contribution in [0.2, 0.25) is 0 Å².